The molecule has 1 aromatic carbocycles. The zero-order valence-corrected chi connectivity index (χ0v) is 12.0. The third-order valence-electron chi connectivity index (χ3n) is 3.41. The normalized spacial score (nSPS) is 19.4. The van der Waals surface area contributed by atoms with Crippen LogP contribution in [0.4, 0.5) is 5.69 Å². The molecule has 2 rings (SSSR count). The summed E-state index contributed by atoms with van der Waals surface area (Å²) in [6.45, 7) is 5.40. The third-order valence-corrected chi connectivity index (χ3v) is 3.41. The molecule has 5 heteroatoms. The van der Waals surface area contributed by atoms with Crippen molar-refractivity contribution in [1.82, 2.24) is 0 Å². The average Bonchev–Trinajstić information content (AvgIpc) is 2.46. The fourth-order valence-corrected chi connectivity index (χ4v) is 2.37. The van der Waals surface area contributed by atoms with E-state index in [1.807, 2.05) is 31.2 Å². The first-order chi connectivity index (χ1) is 9.67. The summed E-state index contributed by atoms with van der Waals surface area (Å²) in [4.78, 5) is 14.0. The lowest BCUT2D eigenvalue weighted by Gasteiger charge is -2.33. The summed E-state index contributed by atoms with van der Waals surface area (Å²) in [5, 5.41) is 0. The van der Waals surface area contributed by atoms with E-state index in [2.05, 4.69) is 0 Å². The summed E-state index contributed by atoms with van der Waals surface area (Å²) < 4.78 is 11.1. The maximum Gasteiger partial charge on any atom is 0.267 e. The van der Waals surface area contributed by atoms with E-state index < -0.39 is 6.10 Å². The van der Waals surface area contributed by atoms with E-state index in [0.29, 0.717) is 19.7 Å². The highest BCUT2D eigenvalue weighted by Gasteiger charge is 2.31. The number of rotatable bonds is 6. The Morgan fingerprint density at radius 3 is 2.90 bits per heavy atom. The van der Waals surface area contributed by atoms with Gasteiger partial charge in [0.15, 0.2) is 6.10 Å². The second-order valence-electron chi connectivity index (χ2n) is 4.82. The molecular formula is C15H22N2O3. The van der Waals surface area contributed by atoms with Crippen LogP contribution in [0.2, 0.25) is 0 Å². The lowest BCUT2D eigenvalue weighted by Crippen LogP contribution is -2.46. The SMILES string of the molecule is CCOC(CN)CCN1C(=O)C(C)Oc2ccccc21. The first-order valence-corrected chi connectivity index (χ1v) is 7.06. The first kappa shape index (κ1) is 14.8. The van der Waals surface area contributed by atoms with Gasteiger partial charge in [0, 0.05) is 19.7 Å². The maximum atomic E-state index is 12.3. The van der Waals surface area contributed by atoms with Gasteiger partial charge in [-0.05, 0) is 32.4 Å². The van der Waals surface area contributed by atoms with Crippen molar-refractivity contribution < 1.29 is 14.3 Å². The second kappa shape index (κ2) is 6.72. The molecule has 0 saturated heterocycles. The molecule has 2 atom stereocenters. The van der Waals surface area contributed by atoms with Crippen LogP contribution in [-0.4, -0.2) is 37.8 Å². The molecule has 1 aliphatic heterocycles. The van der Waals surface area contributed by atoms with Crippen LogP contribution in [0.15, 0.2) is 24.3 Å². The summed E-state index contributed by atoms with van der Waals surface area (Å²) in [7, 11) is 0. The van der Waals surface area contributed by atoms with Gasteiger partial charge in [0.1, 0.15) is 5.75 Å². The van der Waals surface area contributed by atoms with Gasteiger partial charge in [-0.15, -0.1) is 0 Å². The third kappa shape index (κ3) is 3.11. The summed E-state index contributed by atoms with van der Waals surface area (Å²) in [6, 6.07) is 7.59. The minimum absolute atomic E-state index is 0.0156. The minimum Gasteiger partial charge on any atom is -0.479 e. The van der Waals surface area contributed by atoms with Gasteiger partial charge in [0.2, 0.25) is 0 Å². The summed E-state index contributed by atoms with van der Waals surface area (Å²) >= 11 is 0. The van der Waals surface area contributed by atoms with E-state index in [-0.39, 0.29) is 12.0 Å². The average molecular weight is 278 g/mol. The van der Waals surface area contributed by atoms with Crippen LogP contribution >= 0.6 is 0 Å². The van der Waals surface area contributed by atoms with Crippen molar-refractivity contribution in [3.8, 4) is 5.75 Å². The molecule has 2 unspecified atom stereocenters. The predicted octanol–water partition coefficient (Wildman–Crippen LogP) is 1.55. The molecule has 0 fully saturated rings. The van der Waals surface area contributed by atoms with Crippen LogP contribution in [0.1, 0.15) is 20.3 Å². The predicted molar refractivity (Wildman–Crippen MR) is 78.0 cm³/mol. The van der Waals surface area contributed by atoms with Crippen LogP contribution in [0.3, 0.4) is 0 Å². The smallest absolute Gasteiger partial charge is 0.267 e. The first-order valence-electron chi connectivity index (χ1n) is 7.06. The van der Waals surface area contributed by atoms with Gasteiger partial charge < -0.3 is 20.1 Å². The molecule has 5 nitrogen and oxygen atoms in total. The number of nitrogens with two attached hydrogens (primary N) is 1. The number of fused-ring (bicyclic) bond motifs is 1. The Morgan fingerprint density at radius 2 is 2.20 bits per heavy atom. The molecule has 0 radical (unpaired) electrons. The van der Waals surface area contributed by atoms with Crippen LogP contribution in [0.25, 0.3) is 0 Å². The number of benzene rings is 1. The molecular weight excluding hydrogens is 256 g/mol. The number of carbonyl (C=O) groups is 1. The highest BCUT2D eigenvalue weighted by Crippen LogP contribution is 2.33. The molecule has 0 aliphatic carbocycles. The molecule has 1 heterocycles. The quantitative estimate of drug-likeness (QED) is 0.857. The Balaban J connectivity index is 2.11. The molecule has 0 aromatic heterocycles. The van der Waals surface area contributed by atoms with Crippen molar-refractivity contribution in [2.45, 2.75) is 32.5 Å². The number of carbonyl (C=O) groups excluding carboxylic acids is 1. The number of amides is 1. The molecule has 0 spiro atoms. The van der Waals surface area contributed by atoms with Gasteiger partial charge in [-0.3, -0.25) is 4.79 Å². The lowest BCUT2D eigenvalue weighted by atomic mass is 10.1. The molecule has 0 bridgehead atoms. The van der Waals surface area contributed by atoms with Gasteiger partial charge in [0.05, 0.1) is 11.8 Å². The van der Waals surface area contributed by atoms with Crippen molar-refractivity contribution >= 4 is 11.6 Å². The van der Waals surface area contributed by atoms with Gasteiger partial charge >= 0.3 is 0 Å². The van der Waals surface area contributed by atoms with Gasteiger partial charge in [-0.2, -0.15) is 0 Å². The Kier molecular flexibility index (Phi) is 4.98. The van der Waals surface area contributed by atoms with Crippen molar-refractivity contribution in [2.75, 3.05) is 24.6 Å². The fraction of sp³-hybridized carbons (Fsp3) is 0.533. The molecule has 20 heavy (non-hydrogen) atoms. The van der Waals surface area contributed by atoms with Crippen molar-refractivity contribution in [3.05, 3.63) is 24.3 Å². The molecule has 1 aromatic rings. The fourth-order valence-electron chi connectivity index (χ4n) is 2.37. The maximum absolute atomic E-state index is 12.3. The number of hydrogen-bond donors (Lipinski definition) is 1. The number of hydrogen-bond acceptors (Lipinski definition) is 4. The molecule has 1 amide bonds. The topological polar surface area (TPSA) is 64.8 Å². The molecule has 1 aliphatic rings. The van der Waals surface area contributed by atoms with Crippen molar-refractivity contribution in [3.63, 3.8) is 0 Å². The van der Waals surface area contributed by atoms with Gasteiger partial charge in [0.25, 0.3) is 5.91 Å². The standard InChI is InChI=1S/C15H22N2O3/c1-3-19-12(10-16)8-9-17-13-6-4-5-7-14(13)20-11(2)15(17)18/h4-7,11-12H,3,8-10,16H2,1-2H3. The van der Waals surface area contributed by atoms with Gasteiger partial charge in [-0.1, -0.05) is 12.1 Å². The van der Waals surface area contributed by atoms with E-state index in [4.69, 9.17) is 15.2 Å². The van der Waals surface area contributed by atoms with Crippen LogP contribution < -0.4 is 15.4 Å². The lowest BCUT2D eigenvalue weighted by molar-refractivity contribution is -0.125. The molecule has 110 valence electrons. The number of ether oxygens (including phenoxy) is 2. The van der Waals surface area contributed by atoms with Crippen LogP contribution in [0.5, 0.6) is 5.75 Å². The number of anilines is 1. The van der Waals surface area contributed by atoms with E-state index in [0.717, 1.165) is 17.9 Å². The second-order valence-corrected chi connectivity index (χ2v) is 4.82. The van der Waals surface area contributed by atoms with Crippen LogP contribution in [-0.2, 0) is 9.53 Å². The van der Waals surface area contributed by atoms with Crippen molar-refractivity contribution in [1.29, 1.82) is 0 Å². The van der Waals surface area contributed by atoms with E-state index in [9.17, 15) is 4.79 Å². The zero-order valence-electron chi connectivity index (χ0n) is 12.0. The molecule has 0 saturated carbocycles. The Labute approximate surface area is 119 Å². The summed E-state index contributed by atoms with van der Waals surface area (Å²) in [6.07, 6.45) is 0.253. The van der Waals surface area contributed by atoms with Crippen molar-refractivity contribution in [2.24, 2.45) is 5.73 Å². The zero-order chi connectivity index (χ0) is 14.5. The Bertz CT molecular complexity index is 464. The number of para-hydroxylation sites is 2. The highest BCUT2D eigenvalue weighted by atomic mass is 16.5. The summed E-state index contributed by atoms with van der Waals surface area (Å²) in [5.74, 6) is 0.733. The summed E-state index contributed by atoms with van der Waals surface area (Å²) in [5.41, 5.74) is 6.50. The van der Waals surface area contributed by atoms with E-state index >= 15 is 0 Å². The highest BCUT2D eigenvalue weighted by molar-refractivity contribution is 5.99. The largest absolute Gasteiger partial charge is 0.479 e. The van der Waals surface area contributed by atoms with E-state index in [1.54, 1.807) is 11.8 Å². The Hall–Kier alpha value is -1.59. The molecule has 2 N–H and O–H groups in total. The Morgan fingerprint density at radius 1 is 1.45 bits per heavy atom. The minimum atomic E-state index is -0.451. The monoisotopic (exact) mass is 278 g/mol. The number of nitrogens with zero attached hydrogens (tertiary/aromatic N) is 1. The van der Waals surface area contributed by atoms with E-state index in [1.165, 1.54) is 0 Å². The van der Waals surface area contributed by atoms with Gasteiger partial charge in [-0.25, -0.2) is 0 Å². The van der Waals surface area contributed by atoms with Crippen LogP contribution in [0, 0.1) is 0 Å².